The van der Waals surface area contributed by atoms with Crippen LogP contribution in [0.2, 0.25) is 0 Å². The quantitative estimate of drug-likeness (QED) is 0.675. The fraction of sp³-hybridized carbons (Fsp3) is 1.00. The zero-order valence-corrected chi connectivity index (χ0v) is 9.70. The van der Waals surface area contributed by atoms with Crippen molar-refractivity contribution >= 4 is 10.9 Å². The van der Waals surface area contributed by atoms with E-state index in [2.05, 4.69) is 12.5 Å². The number of nitrogens with zero attached hydrogens (tertiary/aromatic N) is 1. The normalized spacial score (nSPS) is 31.7. The molecule has 1 aliphatic rings. The topological polar surface area (TPSA) is 3.24 Å². The van der Waals surface area contributed by atoms with Crippen LogP contribution >= 0.6 is 10.9 Å². The number of piperidine rings is 1. The summed E-state index contributed by atoms with van der Waals surface area (Å²) in [6.07, 6.45) is 1.23. The Balaban J connectivity index is 2.56. The molecule has 5 heteroatoms. The van der Waals surface area contributed by atoms with Crippen LogP contribution in [0.1, 0.15) is 12.8 Å². The highest BCUT2D eigenvalue weighted by molar-refractivity contribution is 8.16. The molecule has 14 heavy (non-hydrogen) atoms. The summed E-state index contributed by atoms with van der Waals surface area (Å²) in [5, 5.41) is 0.480. The van der Waals surface area contributed by atoms with Crippen LogP contribution in [0.15, 0.2) is 0 Å². The molecule has 1 rings (SSSR count). The van der Waals surface area contributed by atoms with Crippen molar-refractivity contribution in [1.82, 2.24) is 4.90 Å². The molecule has 0 aromatic carbocycles. The highest BCUT2D eigenvalue weighted by Gasteiger charge is 2.44. The molecule has 0 radical (unpaired) electrons. The van der Waals surface area contributed by atoms with Crippen molar-refractivity contribution in [2.75, 3.05) is 26.1 Å². The van der Waals surface area contributed by atoms with Gasteiger partial charge in [0.15, 0.2) is 0 Å². The average Bonchev–Trinajstić information content (AvgIpc) is 2.01. The third-order valence-corrected chi connectivity index (χ3v) is 4.79. The molecular formula is C9H18F3NS. The van der Waals surface area contributed by atoms with Gasteiger partial charge in [-0.15, -0.1) is 0 Å². The van der Waals surface area contributed by atoms with E-state index in [1.807, 2.05) is 0 Å². The van der Waals surface area contributed by atoms with Gasteiger partial charge in [-0.2, -0.15) is 13.2 Å². The summed E-state index contributed by atoms with van der Waals surface area (Å²) in [5.41, 5.74) is 0. The lowest BCUT2D eigenvalue weighted by atomic mass is 10.0. The Labute approximate surface area is 86.0 Å². The Morgan fingerprint density at radius 3 is 2.14 bits per heavy atom. The van der Waals surface area contributed by atoms with Crippen molar-refractivity contribution in [2.24, 2.45) is 0 Å². The van der Waals surface area contributed by atoms with E-state index in [1.165, 1.54) is 4.90 Å². The summed E-state index contributed by atoms with van der Waals surface area (Å²) < 4.78 is 37.5. The van der Waals surface area contributed by atoms with Crippen molar-refractivity contribution in [3.8, 4) is 0 Å². The Hall–Kier alpha value is 0.100. The number of alkyl halides is 3. The average molecular weight is 229 g/mol. The predicted octanol–water partition coefficient (Wildman–Crippen LogP) is 2.27. The van der Waals surface area contributed by atoms with Crippen LogP contribution in [0.5, 0.6) is 0 Å². The van der Waals surface area contributed by atoms with Crippen LogP contribution in [0.4, 0.5) is 13.2 Å². The maximum Gasteiger partial charge on any atom is 0.404 e. The number of rotatable bonds is 1. The summed E-state index contributed by atoms with van der Waals surface area (Å²) in [5.74, 6) is 0. The maximum atomic E-state index is 12.5. The molecule has 1 aliphatic heterocycles. The second-order valence-electron chi connectivity index (χ2n) is 4.19. The van der Waals surface area contributed by atoms with Crippen LogP contribution in [0, 0.1) is 0 Å². The number of halogens is 3. The number of thiol groups is 1. The zero-order chi connectivity index (χ0) is 10.9. The first-order valence-electron chi connectivity index (χ1n) is 4.75. The van der Waals surface area contributed by atoms with Crippen molar-refractivity contribution in [1.29, 1.82) is 0 Å². The molecule has 0 N–H and O–H groups in total. The van der Waals surface area contributed by atoms with Gasteiger partial charge in [0, 0.05) is 6.54 Å². The molecule has 1 fully saturated rings. The van der Waals surface area contributed by atoms with Crippen LogP contribution in [0.25, 0.3) is 0 Å². The summed E-state index contributed by atoms with van der Waals surface area (Å²) in [6, 6.07) is -1.21. The van der Waals surface area contributed by atoms with E-state index in [4.69, 9.17) is 0 Å². The third kappa shape index (κ3) is 2.79. The standard InChI is InChI=1S/C9H18F3NS/c1-13-6-7(14(2)3)4-5-8(13)9(10,11)12/h7-8,14H,4-6H2,1-3H3. The first-order valence-corrected chi connectivity index (χ1v) is 7.06. The molecule has 0 amide bonds. The predicted molar refractivity (Wildman–Crippen MR) is 56.3 cm³/mol. The van der Waals surface area contributed by atoms with Crippen molar-refractivity contribution < 1.29 is 13.2 Å². The minimum absolute atomic E-state index is 0.109. The van der Waals surface area contributed by atoms with Gasteiger partial charge in [0.25, 0.3) is 0 Å². The summed E-state index contributed by atoms with van der Waals surface area (Å²) in [7, 11) is 1.48. The van der Waals surface area contributed by atoms with E-state index in [-0.39, 0.29) is 17.3 Å². The second-order valence-corrected chi connectivity index (χ2v) is 6.85. The van der Waals surface area contributed by atoms with Gasteiger partial charge in [0.1, 0.15) is 6.04 Å². The fourth-order valence-electron chi connectivity index (χ4n) is 1.96. The summed E-state index contributed by atoms with van der Waals surface area (Å²) in [6.45, 7) is 0.600. The molecular weight excluding hydrogens is 211 g/mol. The SMILES string of the molecule is CN1CC([SH](C)C)CCC1C(F)(F)F. The van der Waals surface area contributed by atoms with Crippen LogP contribution in [-0.2, 0) is 0 Å². The van der Waals surface area contributed by atoms with Crippen LogP contribution < -0.4 is 0 Å². The largest absolute Gasteiger partial charge is 0.404 e. The monoisotopic (exact) mass is 229 g/mol. The lowest BCUT2D eigenvalue weighted by Gasteiger charge is -2.40. The molecule has 1 saturated heterocycles. The fourth-order valence-corrected chi connectivity index (χ4v) is 3.21. The molecule has 86 valence electrons. The molecule has 2 atom stereocenters. The summed E-state index contributed by atoms with van der Waals surface area (Å²) >= 11 is 0. The molecule has 2 unspecified atom stereocenters. The molecule has 0 aliphatic carbocycles. The van der Waals surface area contributed by atoms with E-state index in [0.29, 0.717) is 11.8 Å². The highest BCUT2D eigenvalue weighted by atomic mass is 32.2. The Bertz CT molecular complexity index is 193. The Kier molecular flexibility index (Phi) is 3.75. The van der Waals surface area contributed by atoms with Crippen molar-refractivity contribution in [3.63, 3.8) is 0 Å². The molecule has 0 aromatic rings. The van der Waals surface area contributed by atoms with E-state index in [9.17, 15) is 13.2 Å². The number of hydrogen-bond acceptors (Lipinski definition) is 1. The molecule has 0 bridgehead atoms. The lowest BCUT2D eigenvalue weighted by Crippen LogP contribution is -2.50. The van der Waals surface area contributed by atoms with E-state index in [1.54, 1.807) is 7.05 Å². The molecule has 1 heterocycles. The van der Waals surface area contributed by atoms with Gasteiger partial charge in [-0.25, -0.2) is 0 Å². The smallest absolute Gasteiger partial charge is 0.294 e. The third-order valence-electron chi connectivity index (χ3n) is 2.91. The van der Waals surface area contributed by atoms with Gasteiger partial charge < -0.3 is 0 Å². The molecule has 0 spiro atoms. The van der Waals surface area contributed by atoms with Gasteiger partial charge in [-0.3, -0.25) is 15.8 Å². The first-order chi connectivity index (χ1) is 6.32. The summed E-state index contributed by atoms with van der Waals surface area (Å²) in [4.78, 5) is 1.47. The molecule has 1 nitrogen and oxygen atoms in total. The minimum atomic E-state index is -4.05. The van der Waals surface area contributed by atoms with Gasteiger partial charge in [0.05, 0.1) is 0 Å². The lowest BCUT2D eigenvalue weighted by molar-refractivity contribution is -0.186. The Morgan fingerprint density at radius 1 is 1.21 bits per heavy atom. The van der Waals surface area contributed by atoms with Crippen LogP contribution in [-0.4, -0.2) is 48.5 Å². The van der Waals surface area contributed by atoms with Crippen molar-refractivity contribution in [3.05, 3.63) is 0 Å². The maximum absolute atomic E-state index is 12.5. The van der Waals surface area contributed by atoms with Gasteiger partial charge in [-0.1, -0.05) is 0 Å². The first kappa shape index (κ1) is 12.2. The van der Waals surface area contributed by atoms with E-state index >= 15 is 0 Å². The highest BCUT2D eigenvalue weighted by Crippen LogP contribution is 2.37. The number of likely N-dealkylation sites (tertiary alicyclic amines) is 1. The van der Waals surface area contributed by atoms with Crippen molar-refractivity contribution in [2.45, 2.75) is 30.3 Å². The zero-order valence-electron chi connectivity index (χ0n) is 8.80. The molecule has 0 saturated carbocycles. The number of hydrogen-bond donors (Lipinski definition) is 1. The minimum Gasteiger partial charge on any atom is -0.294 e. The van der Waals surface area contributed by atoms with Gasteiger partial charge >= 0.3 is 6.18 Å². The van der Waals surface area contributed by atoms with E-state index < -0.39 is 12.2 Å². The Morgan fingerprint density at radius 2 is 1.79 bits per heavy atom. The second kappa shape index (κ2) is 4.31. The van der Waals surface area contributed by atoms with Gasteiger partial charge in [0.2, 0.25) is 0 Å². The van der Waals surface area contributed by atoms with Gasteiger partial charge in [-0.05, 0) is 37.7 Å². The van der Waals surface area contributed by atoms with Crippen LogP contribution in [0.3, 0.4) is 0 Å². The molecule has 0 aromatic heterocycles. The van der Waals surface area contributed by atoms with E-state index in [0.717, 1.165) is 6.42 Å².